The molecule has 1 fully saturated rings. The van der Waals surface area contributed by atoms with Crippen LogP contribution < -0.4 is 10.6 Å². The fourth-order valence-corrected chi connectivity index (χ4v) is 4.61. The van der Waals surface area contributed by atoms with E-state index in [0.717, 1.165) is 0 Å². The standard InChI is InChI=1S/C19H18P/c1-15-7-11-18(12-8-15)20(17-5-3-4-6-17)19-13-9-16(2)10-14-19/h3-14H,1-2H3. The first-order valence-electron chi connectivity index (χ1n) is 6.89. The highest BCUT2D eigenvalue weighted by atomic mass is 31.1. The normalized spacial score (nSPS) is 15.9. The maximum Gasteiger partial charge on any atom is 0.0161 e. The van der Waals surface area contributed by atoms with Gasteiger partial charge in [-0.25, -0.2) is 0 Å². The van der Waals surface area contributed by atoms with Crippen LogP contribution in [0.1, 0.15) is 11.1 Å². The summed E-state index contributed by atoms with van der Waals surface area (Å²) >= 11 is 0. The Balaban J connectivity index is 1.98. The Morgan fingerprint density at radius 2 is 1.00 bits per heavy atom. The minimum atomic E-state index is -0.434. The first kappa shape index (κ1) is 13.8. The van der Waals surface area contributed by atoms with Crippen LogP contribution in [0.2, 0.25) is 0 Å². The molecule has 1 heteroatoms. The highest BCUT2D eigenvalue weighted by molar-refractivity contribution is 7.76. The van der Waals surface area contributed by atoms with Crippen LogP contribution in [0.25, 0.3) is 0 Å². The quantitative estimate of drug-likeness (QED) is 0.741. The average molecular weight is 277 g/mol. The van der Waals surface area contributed by atoms with Crippen LogP contribution in [0.5, 0.6) is 0 Å². The molecule has 0 spiro atoms. The molecule has 0 heterocycles. The van der Waals surface area contributed by atoms with E-state index in [1.807, 2.05) is 0 Å². The van der Waals surface area contributed by atoms with Gasteiger partial charge < -0.3 is 0 Å². The summed E-state index contributed by atoms with van der Waals surface area (Å²) in [6.45, 7) is 4.28. The predicted octanol–water partition coefficient (Wildman–Crippen LogP) is 4.10. The van der Waals surface area contributed by atoms with Gasteiger partial charge in [0.1, 0.15) is 0 Å². The van der Waals surface area contributed by atoms with Gasteiger partial charge in [0.15, 0.2) is 0 Å². The van der Waals surface area contributed by atoms with Crippen molar-refractivity contribution in [2.45, 2.75) is 13.8 Å². The Bertz CT molecular complexity index is 502. The zero-order valence-electron chi connectivity index (χ0n) is 11.9. The lowest BCUT2D eigenvalue weighted by Crippen LogP contribution is -2.16. The SMILES string of the molecule is Cc1ccc(P([C]2[CH][CH][CH][CH]2)c2ccc(C)cc2)cc1. The van der Waals surface area contributed by atoms with Crippen molar-refractivity contribution >= 4 is 18.5 Å². The zero-order valence-corrected chi connectivity index (χ0v) is 12.8. The summed E-state index contributed by atoms with van der Waals surface area (Å²) in [5.74, 6) is 0. The second-order valence-corrected chi connectivity index (χ2v) is 7.37. The van der Waals surface area contributed by atoms with E-state index in [1.165, 1.54) is 27.4 Å². The molecule has 20 heavy (non-hydrogen) atoms. The summed E-state index contributed by atoms with van der Waals surface area (Å²) in [7, 11) is -0.434. The van der Waals surface area contributed by atoms with Gasteiger partial charge in [0.25, 0.3) is 0 Å². The molecule has 99 valence electrons. The van der Waals surface area contributed by atoms with Crippen molar-refractivity contribution in [2.24, 2.45) is 0 Å². The molecule has 0 amide bonds. The van der Waals surface area contributed by atoms with E-state index in [0.29, 0.717) is 0 Å². The average Bonchev–Trinajstić information content (AvgIpc) is 2.97. The second-order valence-electron chi connectivity index (χ2n) is 5.15. The smallest absolute Gasteiger partial charge is 0.0161 e. The molecule has 1 aliphatic carbocycles. The monoisotopic (exact) mass is 277 g/mol. The van der Waals surface area contributed by atoms with Crippen molar-refractivity contribution < 1.29 is 0 Å². The van der Waals surface area contributed by atoms with E-state index in [4.69, 9.17) is 0 Å². The third-order valence-corrected chi connectivity index (χ3v) is 5.93. The molecule has 0 unspecified atom stereocenters. The van der Waals surface area contributed by atoms with Crippen LogP contribution in [-0.2, 0) is 0 Å². The van der Waals surface area contributed by atoms with Crippen molar-refractivity contribution in [1.29, 1.82) is 0 Å². The molecule has 0 aliphatic heterocycles. The molecule has 1 aliphatic rings. The number of hydrogen-bond acceptors (Lipinski definition) is 0. The third-order valence-electron chi connectivity index (χ3n) is 3.49. The summed E-state index contributed by atoms with van der Waals surface area (Å²) < 4.78 is 0. The van der Waals surface area contributed by atoms with E-state index >= 15 is 0 Å². The summed E-state index contributed by atoms with van der Waals surface area (Å²) in [4.78, 5) is 0. The summed E-state index contributed by atoms with van der Waals surface area (Å²) in [5, 5.41) is 2.83. The van der Waals surface area contributed by atoms with Crippen LogP contribution in [0, 0.1) is 45.2 Å². The molecule has 0 saturated heterocycles. The van der Waals surface area contributed by atoms with Crippen molar-refractivity contribution in [2.75, 3.05) is 0 Å². The van der Waals surface area contributed by atoms with E-state index in [2.05, 4.69) is 88.1 Å². The minimum Gasteiger partial charge on any atom is -0.0587 e. The van der Waals surface area contributed by atoms with Crippen molar-refractivity contribution in [3.8, 4) is 0 Å². The molecule has 2 aromatic carbocycles. The molecule has 0 bridgehead atoms. The largest absolute Gasteiger partial charge is 0.0587 e. The van der Waals surface area contributed by atoms with Gasteiger partial charge in [0.05, 0.1) is 0 Å². The summed E-state index contributed by atoms with van der Waals surface area (Å²) in [5.41, 5.74) is 4.05. The van der Waals surface area contributed by atoms with Crippen molar-refractivity contribution in [3.63, 3.8) is 0 Å². The molecule has 0 nitrogen and oxygen atoms in total. The highest BCUT2D eigenvalue weighted by Crippen LogP contribution is 2.51. The van der Waals surface area contributed by atoms with Gasteiger partial charge in [-0.05, 0) is 58.1 Å². The first-order chi connectivity index (χ1) is 9.74. The molecular weight excluding hydrogens is 259 g/mol. The van der Waals surface area contributed by atoms with E-state index < -0.39 is 7.92 Å². The second kappa shape index (κ2) is 6.10. The fraction of sp³-hybridized carbons (Fsp3) is 0.105. The Kier molecular flexibility index (Phi) is 4.22. The maximum absolute atomic E-state index is 2.27. The third kappa shape index (κ3) is 2.96. The van der Waals surface area contributed by atoms with E-state index in [9.17, 15) is 0 Å². The number of aryl methyl sites for hydroxylation is 2. The van der Waals surface area contributed by atoms with Crippen LogP contribution >= 0.6 is 7.92 Å². The van der Waals surface area contributed by atoms with E-state index in [1.54, 1.807) is 0 Å². The lowest BCUT2D eigenvalue weighted by Gasteiger charge is -2.24. The Morgan fingerprint density at radius 3 is 1.40 bits per heavy atom. The Morgan fingerprint density at radius 1 is 0.600 bits per heavy atom. The molecule has 0 atom stereocenters. The van der Waals surface area contributed by atoms with Gasteiger partial charge in [-0.3, -0.25) is 0 Å². The van der Waals surface area contributed by atoms with Gasteiger partial charge in [-0.2, -0.15) is 0 Å². The number of hydrogen-bond donors (Lipinski definition) is 0. The lowest BCUT2D eigenvalue weighted by molar-refractivity contribution is 1.47. The van der Waals surface area contributed by atoms with Crippen LogP contribution in [0.3, 0.4) is 0 Å². The van der Waals surface area contributed by atoms with Gasteiger partial charge in [0.2, 0.25) is 0 Å². The molecule has 5 radical (unpaired) electrons. The number of benzene rings is 2. The van der Waals surface area contributed by atoms with Crippen LogP contribution in [-0.4, -0.2) is 0 Å². The van der Waals surface area contributed by atoms with E-state index in [-0.39, 0.29) is 0 Å². The Labute approximate surface area is 124 Å². The summed E-state index contributed by atoms with van der Waals surface area (Å²) in [6, 6.07) is 17.9. The molecule has 3 rings (SSSR count). The molecule has 1 saturated carbocycles. The molecular formula is C19H18P. The van der Waals surface area contributed by atoms with Crippen molar-refractivity contribution in [3.05, 3.63) is 91.0 Å². The topological polar surface area (TPSA) is 0 Å². The van der Waals surface area contributed by atoms with Gasteiger partial charge >= 0.3 is 0 Å². The first-order valence-corrected chi connectivity index (χ1v) is 8.23. The fourth-order valence-electron chi connectivity index (χ4n) is 2.35. The molecule has 2 aromatic rings. The molecule has 0 N–H and O–H groups in total. The minimum absolute atomic E-state index is 0.434. The molecule has 0 aromatic heterocycles. The van der Waals surface area contributed by atoms with Crippen LogP contribution in [0.15, 0.2) is 48.5 Å². The predicted molar refractivity (Wildman–Crippen MR) is 89.0 cm³/mol. The van der Waals surface area contributed by atoms with Gasteiger partial charge in [0, 0.05) is 5.66 Å². The van der Waals surface area contributed by atoms with Crippen molar-refractivity contribution in [1.82, 2.24) is 0 Å². The Hall–Kier alpha value is -1.13. The summed E-state index contributed by atoms with van der Waals surface area (Å²) in [6.07, 6.45) is 8.75. The van der Waals surface area contributed by atoms with Gasteiger partial charge in [-0.1, -0.05) is 59.7 Å². The lowest BCUT2D eigenvalue weighted by atomic mass is 10.2. The zero-order chi connectivity index (χ0) is 13.9. The highest BCUT2D eigenvalue weighted by Gasteiger charge is 2.28. The maximum atomic E-state index is 2.27. The van der Waals surface area contributed by atoms with Gasteiger partial charge in [-0.15, -0.1) is 0 Å². The number of rotatable bonds is 3. The van der Waals surface area contributed by atoms with Crippen LogP contribution in [0.4, 0.5) is 0 Å².